The summed E-state index contributed by atoms with van der Waals surface area (Å²) in [6, 6.07) is 10.2. The first-order chi connectivity index (χ1) is 10.4. The predicted octanol–water partition coefficient (Wildman–Crippen LogP) is 3.63. The van der Waals surface area contributed by atoms with E-state index in [1.807, 2.05) is 0 Å². The number of hydrogen-bond acceptors (Lipinski definition) is 3. The van der Waals surface area contributed by atoms with Crippen molar-refractivity contribution < 1.29 is 22.7 Å². The molecule has 4 nitrogen and oxygen atoms in total. The second-order valence-corrected chi connectivity index (χ2v) is 4.15. The summed E-state index contributed by atoms with van der Waals surface area (Å²) < 4.78 is 39.8. The zero-order chi connectivity index (χ0) is 16.0. The van der Waals surface area contributed by atoms with Gasteiger partial charge in [-0.2, -0.15) is 0 Å². The molecule has 0 aliphatic rings. The lowest BCUT2D eigenvalue weighted by Gasteiger charge is -2.08. The molecule has 1 aromatic carbocycles. The molecule has 2 aromatic rings. The van der Waals surface area contributed by atoms with Crippen LogP contribution in [0, 0.1) is 0 Å². The number of benzene rings is 1. The van der Waals surface area contributed by atoms with E-state index in [2.05, 4.69) is 15.0 Å². The summed E-state index contributed by atoms with van der Waals surface area (Å²) >= 11 is 0. The predicted molar refractivity (Wildman–Crippen MR) is 75.0 cm³/mol. The molecule has 2 rings (SSSR count). The number of ether oxygens (including phenoxy) is 1. The van der Waals surface area contributed by atoms with Crippen LogP contribution in [0.25, 0.3) is 6.08 Å². The first kappa shape index (κ1) is 15.6. The monoisotopic (exact) mass is 308 g/mol. The number of carbonyl (C=O) groups excluding carboxylic acids is 1. The van der Waals surface area contributed by atoms with Crippen LogP contribution < -0.4 is 10.1 Å². The summed E-state index contributed by atoms with van der Waals surface area (Å²) in [6.45, 7) is 0. The van der Waals surface area contributed by atoms with Crippen LogP contribution in [-0.4, -0.2) is 17.3 Å². The number of aromatic nitrogens is 1. The van der Waals surface area contributed by atoms with Crippen LogP contribution in [0.1, 0.15) is 5.56 Å². The average Bonchev–Trinajstić information content (AvgIpc) is 2.46. The van der Waals surface area contributed by atoms with Crippen LogP contribution in [0.5, 0.6) is 5.75 Å². The molecule has 1 N–H and O–H groups in total. The van der Waals surface area contributed by atoms with E-state index in [-0.39, 0.29) is 5.75 Å². The number of nitrogens with one attached hydrogen (secondary N) is 1. The molecule has 114 valence electrons. The summed E-state index contributed by atoms with van der Waals surface area (Å²) in [5.41, 5.74) is 0.561. The van der Waals surface area contributed by atoms with Crippen molar-refractivity contribution in [1.82, 2.24) is 4.98 Å². The minimum absolute atomic E-state index is 0.317. The number of nitrogens with zero attached hydrogens (tertiary/aromatic N) is 1. The Balaban J connectivity index is 1.94. The van der Waals surface area contributed by atoms with Gasteiger partial charge in [0.2, 0.25) is 5.91 Å². The Morgan fingerprint density at radius 2 is 1.86 bits per heavy atom. The highest BCUT2D eigenvalue weighted by molar-refractivity contribution is 6.01. The van der Waals surface area contributed by atoms with Crippen molar-refractivity contribution >= 4 is 17.8 Å². The molecule has 1 heterocycles. The Morgan fingerprint density at radius 1 is 1.14 bits per heavy atom. The van der Waals surface area contributed by atoms with E-state index in [0.717, 1.165) is 0 Å². The van der Waals surface area contributed by atoms with Gasteiger partial charge < -0.3 is 10.1 Å². The fourth-order valence-electron chi connectivity index (χ4n) is 1.56. The first-order valence-corrected chi connectivity index (χ1v) is 6.18. The van der Waals surface area contributed by atoms with E-state index < -0.39 is 12.3 Å². The standard InChI is InChI=1S/C15H11F3N2O2/c16-15(17,18)22-12-7-4-11(5-8-12)6-9-14(21)20-13-3-1-2-10-19-13/h1-10H,(H,19,20,21). The van der Waals surface area contributed by atoms with E-state index in [9.17, 15) is 18.0 Å². The Morgan fingerprint density at radius 3 is 2.45 bits per heavy atom. The Labute approximate surface area is 124 Å². The second kappa shape index (κ2) is 6.75. The minimum atomic E-state index is -4.72. The van der Waals surface area contributed by atoms with Crippen molar-refractivity contribution in [3.8, 4) is 5.75 Å². The first-order valence-electron chi connectivity index (χ1n) is 6.18. The fraction of sp³-hybridized carbons (Fsp3) is 0.0667. The number of carbonyl (C=O) groups is 1. The van der Waals surface area contributed by atoms with Crippen LogP contribution in [0.2, 0.25) is 0 Å². The molecule has 0 aliphatic heterocycles. The largest absolute Gasteiger partial charge is 0.573 e. The minimum Gasteiger partial charge on any atom is -0.406 e. The van der Waals surface area contributed by atoms with Gasteiger partial charge in [0.25, 0.3) is 0 Å². The Hall–Kier alpha value is -2.83. The Kier molecular flexibility index (Phi) is 4.77. The highest BCUT2D eigenvalue weighted by atomic mass is 19.4. The molecule has 0 aliphatic carbocycles. The number of pyridine rings is 1. The number of rotatable bonds is 4. The number of halogens is 3. The normalized spacial score (nSPS) is 11.4. The van der Waals surface area contributed by atoms with E-state index in [1.54, 1.807) is 24.4 Å². The number of anilines is 1. The van der Waals surface area contributed by atoms with Crippen LogP contribution >= 0.6 is 0 Å². The maximum absolute atomic E-state index is 12.0. The smallest absolute Gasteiger partial charge is 0.406 e. The lowest BCUT2D eigenvalue weighted by molar-refractivity contribution is -0.274. The van der Waals surface area contributed by atoms with Crippen molar-refractivity contribution in [3.05, 3.63) is 60.3 Å². The molecule has 0 unspecified atom stereocenters. The lowest BCUT2D eigenvalue weighted by Crippen LogP contribution is -2.16. The van der Waals surface area contributed by atoms with Gasteiger partial charge >= 0.3 is 6.36 Å². The van der Waals surface area contributed by atoms with Crippen molar-refractivity contribution in [2.24, 2.45) is 0 Å². The molecule has 0 spiro atoms. The van der Waals surface area contributed by atoms with Crippen LogP contribution in [-0.2, 0) is 4.79 Å². The maximum atomic E-state index is 12.0. The highest BCUT2D eigenvalue weighted by Crippen LogP contribution is 2.22. The summed E-state index contributed by atoms with van der Waals surface area (Å²) in [7, 11) is 0. The maximum Gasteiger partial charge on any atom is 0.573 e. The van der Waals surface area contributed by atoms with E-state index >= 15 is 0 Å². The molecule has 1 aromatic heterocycles. The number of amides is 1. The van der Waals surface area contributed by atoms with E-state index in [1.165, 1.54) is 36.4 Å². The van der Waals surface area contributed by atoms with Gasteiger partial charge in [0.05, 0.1) is 0 Å². The van der Waals surface area contributed by atoms with Crippen molar-refractivity contribution in [2.45, 2.75) is 6.36 Å². The molecule has 1 amide bonds. The number of hydrogen-bond donors (Lipinski definition) is 1. The third kappa shape index (κ3) is 5.28. The van der Waals surface area contributed by atoms with Gasteiger partial charge in [0.1, 0.15) is 11.6 Å². The second-order valence-electron chi connectivity index (χ2n) is 4.15. The quantitative estimate of drug-likeness (QED) is 0.878. The van der Waals surface area contributed by atoms with Crippen LogP contribution in [0.15, 0.2) is 54.7 Å². The summed E-state index contributed by atoms with van der Waals surface area (Å²) in [5.74, 6) is -0.303. The topological polar surface area (TPSA) is 51.2 Å². The molecule has 0 saturated heterocycles. The third-order valence-electron chi connectivity index (χ3n) is 2.46. The zero-order valence-electron chi connectivity index (χ0n) is 11.2. The SMILES string of the molecule is O=C(C=Cc1ccc(OC(F)(F)F)cc1)Nc1ccccn1. The fourth-order valence-corrected chi connectivity index (χ4v) is 1.56. The van der Waals surface area contributed by atoms with Gasteiger partial charge in [0.15, 0.2) is 0 Å². The summed E-state index contributed by atoms with van der Waals surface area (Å²) in [6.07, 6.45) is -0.456. The molecule has 22 heavy (non-hydrogen) atoms. The van der Waals surface area contributed by atoms with Crippen LogP contribution in [0.3, 0.4) is 0 Å². The molecule has 0 radical (unpaired) electrons. The molecule has 0 bridgehead atoms. The van der Waals surface area contributed by atoms with Gasteiger partial charge in [-0.05, 0) is 35.9 Å². The Bertz CT molecular complexity index is 653. The van der Waals surface area contributed by atoms with Gasteiger partial charge in [-0.25, -0.2) is 4.98 Å². The molecule has 7 heteroatoms. The van der Waals surface area contributed by atoms with Gasteiger partial charge in [-0.1, -0.05) is 18.2 Å². The lowest BCUT2D eigenvalue weighted by atomic mass is 10.2. The third-order valence-corrected chi connectivity index (χ3v) is 2.46. The van der Waals surface area contributed by atoms with Crippen molar-refractivity contribution in [2.75, 3.05) is 5.32 Å². The molecule has 0 atom stereocenters. The number of alkyl halides is 3. The highest BCUT2D eigenvalue weighted by Gasteiger charge is 2.30. The van der Waals surface area contributed by atoms with E-state index in [0.29, 0.717) is 11.4 Å². The van der Waals surface area contributed by atoms with Gasteiger partial charge in [-0.15, -0.1) is 13.2 Å². The zero-order valence-corrected chi connectivity index (χ0v) is 11.2. The van der Waals surface area contributed by atoms with Gasteiger partial charge in [0, 0.05) is 12.3 Å². The molecule has 0 fully saturated rings. The molecule has 0 saturated carbocycles. The molecular formula is C15H11F3N2O2. The van der Waals surface area contributed by atoms with E-state index in [4.69, 9.17) is 0 Å². The van der Waals surface area contributed by atoms with Crippen molar-refractivity contribution in [3.63, 3.8) is 0 Å². The van der Waals surface area contributed by atoms with Crippen molar-refractivity contribution in [1.29, 1.82) is 0 Å². The average molecular weight is 308 g/mol. The molecular weight excluding hydrogens is 297 g/mol. The summed E-state index contributed by atoms with van der Waals surface area (Å²) in [4.78, 5) is 15.6. The van der Waals surface area contributed by atoms with Gasteiger partial charge in [-0.3, -0.25) is 4.79 Å². The summed E-state index contributed by atoms with van der Waals surface area (Å²) in [5, 5.41) is 2.54. The van der Waals surface area contributed by atoms with Crippen LogP contribution in [0.4, 0.5) is 19.0 Å².